The zero-order valence-electron chi connectivity index (χ0n) is 14.6. The van der Waals surface area contributed by atoms with Gasteiger partial charge in [0, 0.05) is 27.1 Å². The Morgan fingerprint density at radius 1 is 0.885 bits per heavy atom. The number of allylic oxidation sites excluding steroid dienone is 4. The molecule has 0 aliphatic carbocycles. The molecule has 0 saturated carbocycles. The van der Waals surface area contributed by atoms with Crippen LogP contribution in [0.15, 0.2) is 76.2 Å². The summed E-state index contributed by atoms with van der Waals surface area (Å²) in [6.45, 7) is 3.95. The van der Waals surface area contributed by atoms with E-state index in [4.69, 9.17) is 4.42 Å². The van der Waals surface area contributed by atoms with Gasteiger partial charge in [-0.3, -0.25) is 9.20 Å². The van der Waals surface area contributed by atoms with Crippen LogP contribution in [0.4, 0.5) is 0 Å². The predicted octanol–water partition coefficient (Wildman–Crippen LogP) is 5.77. The molecule has 5 rings (SSSR count). The third kappa shape index (κ3) is 1.75. The molecule has 126 valence electrons. The molecule has 0 unspecified atom stereocenters. The van der Waals surface area contributed by atoms with Crippen molar-refractivity contribution >= 4 is 43.5 Å². The van der Waals surface area contributed by atoms with Crippen LogP contribution in [0.5, 0.6) is 0 Å². The van der Waals surface area contributed by atoms with E-state index in [0.29, 0.717) is 0 Å². The van der Waals surface area contributed by atoms with Crippen LogP contribution in [0, 0.1) is 0 Å². The Balaban J connectivity index is 2.12. The van der Waals surface area contributed by atoms with Crippen LogP contribution in [0.25, 0.3) is 43.5 Å². The summed E-state index contributed by atoms with van der Waals surface area (Å²) in [5, 5.41) is 4.83. The Kier molecular flexibility index (Phi) is 3.07. The first kappa shape index (κ1) is 15.0. The molecule has 0 N–H and O–H groups in total. The van der Waals surface area contributed by atoms with Gasteiger partial charge >= 0.3 is 0 Å². The first-order chi connectivity index (χ1) is 12.8. The summed E-state index contributed by atoms with van der Waals surface area (Å²) in [4.78, 5) is 13.4. The largest absolute Gasteiger partial charge is 0.461 e. The number of furan rings is 1. The van der Waals surface area contributed by atoms with E-state index in [9.17, 15) is 4.79 Å². The zero-order chi connectivity index (χ0) is 17.8. The Morgan fingerprint density at radius 2 is 1.58 bits per heavy atom. The van der Waals surface area contributed by atoms with E-state index in [1.807, 2.05) is 66.8 Å². The van der Waals surface area contributed by atoms with Crippen LogP contribution in [-0.4, -0.2) is 4.40 Å². The van der Waals surface area contributed by atoms with Crippen LogP contribution >= 0.6 is 0 Å². The lowest BCUT2D eigenvalue weighted by atomic mass is 10.1. The molecule has 3 heterocycles. The van der Waals surface area contributed by atoms with E-state index in [1.54, 1.807) is 6.26 Å². The SMILES string of the molecule is CC=CC(=CC)c1occ2c3cccc4c5ccccc5c(=O)n(c12)c43. The molecule has 0 aliphatic heterocycles. The fraction of sp³-hybridized carbons (Fsp3) is 0.0870. The van der Waals surface area contributed by atoms with Crippen molar-refractivity contribution in [3.8, 4) is 0 Å². The van der Waals surface area contributed by atoms with Crippen molar-refractivity contribution in [1.29, 1.82) is 0 Å². The van der Waals surface area contributed by atoms with E-state index in [0.717, 1.165) is 49.3 Å². The lowest BCUT2D eigenvalue weighted by Crippen LogP contribution is -2.13. The maximum absolute atomic E-state index is 13.4. The maximum atomic E-state index is 13.4. The summed E-state index contributed by atoms with van der Waals surface area (Å²) >= 11 is 0. The highest BCUT2D eigenvalue weighted by molar-refractivity contribution is 6.21. The van der Waals surface area contributed by atoms with Crippen molar-refractivity contribution in [2.24, 2.45) is 0 Å². The molecule has 0 spiro atoms. The van der Waals surface area contributed by atoms with E-state index in [1.165, 1.54) is 0 Å². The predicted molar refractivity (Wildman–Crippen MR) is 108 cm³/mol. The summed E-state index contributed by atoms with van der Waals surface area (Å²) in [7, 11) is 0. The van der Waals surface area contributed by atoms with Gasteiger partial charge in [-0.05, 0) is 25.3 Å². The number of rotatable bonds is 2. The minimum Gasteiger partial charge on any atom is -0.461 e. The Morgan fingerprint density at radius 3 is 2.31 bits per heavy atom. The van der Waals surface area contributed by atoms with E-state index < -0.39 is 0 Å². The second-order valence-electron chi connectivity index (χ2n) is 6.46. The lowest BCUT2D eigenvalue weighted by Gasteiger charge is -2.06. The quantitative estimate of drug-likeness (QED) is 0.302. The number of benzene rings is 2. The van der Waals surface area contributed by atoms with Gasteiger partial charge in [-0.2, -0.15) is 0 Å². The van der Waals surface area contributed by atoms with Gasteiger partial charge in [-0.15, -0.1) is 0 Å². The second-order valence-corrected chi connectivity index (χ2v) is 6.46. The van der Waals surface area contributed by atoms with Crippen molar-refractivity contribution in [1.82, 2.24) is 4.40 Å². The average Bonchev–Trinajstić information content (AvgIpc) is 3.23. The number of nitrogens with zero attached hydrogens (tertiary/aromatic N) is 1. The Hall–Kier alpha value is -3.33. The van der Waals surface area contributed by atoms with Gasteiger partial charge < -0.3 is 4.42 Å². The highest BCUT2D eigenvalue weighted by Crippen LogP contribution is 2.38. The molecule has 0 radical (unpaired) electrons. The van der Waals surface area contributed by atoms with E-state index in [-0.39, 0.29) is 5.56 Å². The minimum atomic E-state index is -0.00196. The molecule has 26 heavy (non-hydrogen) atoms. The van der Waals surface area contributed by atoms with Gasteiger partial charge in [-0.1, -0.05) is 54.6 Å². The summed E-state index contributed by atoms with van der Waals surface area (Å²) in [6, 6.07) is 14.0. The highest BCUT2D eigenvalue weighted by Gasteiger charge is 2.21. The molecule has 0 aliphatic rings. The molecule has 3 nitrogen and oxygen atoms in total. The molecule has 0 atom stereocenters. The van der Waals surface area contributed by atoms with Crippen LogP contribution < -0.4 is 5.56 Å². The molecule has 3 heteroatoms. The monoisotopic (exact) mass is 339 g/mol. The van der Waals surface area contributed by atoms with Gasteiger partial charge in [-0.25, -0.2) is 0 Å². The second kappa shape index (κ2) is 5.33. The third-order valence-corrected chi connectivity index (χ3v) is 5.11. The van der Waals surface area contributed by atoms with E-state index in [2.05, 4.69) is 12.1 Å². The summed E-state index contributed by atoms with van der Waals surface area (Å²) < 4.78 is 7.75. The van der Waals surface area contributed by atoms with Gasteiger partial charge in [0.25, 0.3) is 5.56 Å². The summed E-state index contributed by atoms with van der Waals surface area (Å²) in [5.74, 6) is 0.732. The van der Waals surface area contributed by atoms with Gasteiger partial charge in [0.15, 0.2) is 5.76 Å². The fourth-order valence-electron chi connectivity index (χ4n) is 4.01. The average molecular weight is 339 g/mol. The standard InChI is InChI=1S/C23H17NO2/c1-3-8-14(4-2)22-21-19(13-26-22)17-12-7-11-16-15-9-5-6-10-18(15)23(25)24(21)20(16)17/h3-13H,1-2H3. The molecule has 0 bridgehead atoms. The summed E-state index contributed by atoms with van der Waals surface area (Å²) in [6.07, 6.45) is 7.76. The molecular formula is C23H17NO2. The van der Waals surface area contributed by atoms with Crippen LogP contribution in [0.2, 0.25) is 0 Å². The number of fused-ring (bicyclic) bond motifs is 5. The number of hydrogen-bond donors (Lipinski definition) is 0. The lowest BCUT2D eigenvalue weighted by molar-refractivity contribution is 0.558. The van der Waals surface area contributed by atoms with Crippen LogP contribution in [-0.2, 0) is 0 Å². The first-order valence-corrected chi connectivity index (χ1v) is 8.74. The van der Waals surface area contributed by atoms with Gasteiger partial charge in [0.2, 0.25) is 0 Å². The van der Waals surface area contributed by atoms with Crippen LogP contribution in [0.3, 0.4) is 0 Å². The minimum absolute atomic E-state index is 0.00196. The fourth-order valence-corrected chi connectivity index (χ4v) is 4.01. The molecule has 0 saturated heterocycles. The van der Waals surface area contributed by atoms with Crippen molar-refractivity contribution in [3.05, 3.63) is 83.1 Å². The molecule has 0 fully saturated rings. The third-order valence-electron chi connectivity index (χ3n) is 5.11. The Bertz CT molecular complexity index is 1410. The first-order valence-electron chi connectivity index (χ1n) is 8.74. The maximum Gasteiger partial charge on any atom is 0.263 e. The van der Waals surface area contributed by atoms with Crippen LogP contribution in [0.1, 0.15) is 19.6 Å². The normalized spacial score (nSPS) is 13.2. The number of para-hydroxylation sites is 1. The highest BCUT2D eigenvalue weighted by atomic mass is 16.3. The zero-order valence-corrected chi connectivity index (χ0v) is 14.6. The van der Waals surface area contributed by atoms with Gasteiger partial charge in [0.1, 0.15) is 11.8 Å². The summed E-state index contributed by atoms with van der Waals surface area (Å²) in [5.41, 5.74) is 2.78. The molecule has 3 aromatic heterocycles. The van der Waals surface area contributed by atoms with Crippen molar-refractivity contribution in [2.45, 2.75) is 13.8 Å². The molecule has 5 aromatic rings. The number of hydrogen-bond acceptors (Lipinski definition) is 2. The van der Waals surface area contributed by atoms with E-state index >= 15 is 0 Å². The molecule has 0 amide bonds. The number of aromatic nitrogens is 1. The molecule has 2 aromatic carbocycles. The topological polar surface area (TPSA) is 34.6 Å². The number of pyridine rings is 1. The van der Waals surface area contributed by atoms with Crippen molar-refractivity contribution < 1.29 is 4.42 Å². The van der Waals surface area contributed by atoms with Crippen molar-refractivity contribution in [3.63, 3.8) is 0 Å². The Labute approximate surface area is 149 Å². The molecular weight excluding hydrogens is 322 g/mol. The smallest absolute Gasteiger partial charge is 0.263 e. The van der Waals surface area contributed by atoms with Crippen molar-refractivity contribution in [2.75, 3.05) is 0 Å². The van der Waals surface area contributed by atoms with Gasteiger partial charge in [0.05, 0.1) is 5.52 Å².